The summed E-state index contributed by atoms with van der Waals surface area (Å²) in [4.78, 5) is 25.5. The molecule has 0 unspecified atom stereocenters. The highest BCUT2D eigenvalue weighted by Crippen LogP contribution is 2.38. The average molecular weight is 448 g/mol. The lowest BCUT2D eigenvalue weighted by Crippen LogP contribution is -2.56. The average Bonchev–Trinajstić information content (AvgIpc) is 2.75. The molecule has 0 spiro atoms. The molecule has 1 saturated heterocycles. The number of nitrogens with zero attached hydrogens (tertiary/aromatic N) is 1. The predicted molar refractivity (Wildman–Crippen MR) is 117 cm³/mol. The third-order valence-corrected chi connectivity index (χ3v) is 6.03. The van der Waals surface area contributed by atoms with Crippen molar-refractivity contribution in [3.05, 3.63) is 58.1 Å². The number of carboxylic acids is 1. The Morgan fingerprint density at radius 3 is 2.53 bits per heavy atom. The Bertz CT molecular complexity index is 999. The topological polar surface area (TPSA) is 92.9 Å². The molecule has 0 aliphatic carbocycles. The quantitative estimate of drug-likeness (QED) is 0.678. The van der Waals surface area contributed by atoms with Crippen LogP contribution in [0.25, 0.3) is 17.2 Å². The number of likely N-dealkylation sites (tertiary alicyclic amines) is 1. The summed E-state index contributed by atoms with van der Waals surface area (Å²) in [7, 11) is 1.57. The van der Waals surface area contributed by atoms with Gasteiger partial charge in [0.2, 0.25) is 5.91 Å². The number of nitrogens with two attached hydrogens (primary N) is 1. The van der Waals surface area contributed by atoms with E-state index in [1.807, 2.05) is 24.3 Å². The van der Waals surface area contributed by atoms with Gasteiger partial charge in [0.05, 0.1) is 17.2 Å². The lowest BCUT2D eigenvalue weighted by Gasteiger charge is -2.35. The van der Waals surface area contributed by atoms with Gasteiger partial charge in [0.15, 0.2) is 0 Å². The molecule has 0 saturated carbocycles. The Hall–Kier alpha value is -2.54. The van der Waals surface area contributed by atoms with Gasteiger partial charge in [-0.1, -0.05) is 41.4 Å². The fraction of sp³-hybridized carbons (Fsp3) is 0.273. The number of rotatable bonds is 5. The highest BCUT2D eigenvalue weighted by Gasteiger charge is 2.38. The normalized spacial score (nSPS) is 15.9. The number of para-hydroxylation sites is 1. The second-order valence-electron chi connectivity index (χ2n) is 7.06. The smallest absolute Gasteiger partial charge is 0.323 e. The summed E-state index contributed by atoms with van der Waals surface area (Å²) in [6.07, 6.45) is 3.40. The number of halogens is 2. The summed E-state index contributed by atoms with van der Waals surface area (Å²) < 4.78 is 5.44. The van der Waals surface area contributed by atoms with Crippen molar-refractivity contribution in [2.24, 2.45) is 5.73 Å². The van der Waals surface area contributed by atoms with Gasteiger partial charge in [0.1, 0.15) is 11.3 Å². The number of carboxylic acid groups (broad SMARTS) is 1. The van der Waals surface area contributed by atoms with E-state index in [9.17, 15) is 14.7 Å². The molecule has 2 aromatic rings. The number of methoxy groups -OCH3 is 1. The van der Waals surface area contributed by atoms with E-state index in [0.29, 0.717) is 11.3 Å². The van der Waals surface area contributed by atoms with Gasteiger partial charge < -0.3 is 20.5 Å². The number of benzene rings is 2. The van der Waals surface area contributed by atoms with Crippen LogP contribution >= 0.6 is 23.2 Å². The molecule has 1 heterocycles. The van der Waals surface area contributed by atoms with Crippen molar-refractivity contribution < 1.29 is 19.4 Å². The van der Waals surface area contributed by atoms with Gasteiger partial charge in [-0.3, -0.25) is 9.59 Å². The fourth-order valence-corrected chi connectivity index (χ4v) is 3.74. The lowest BCUT2D eigenvalue weighted by atomic mass is 9.89. The molecule has 1 aliphatic rings. The van der Waals surface area contributed by atoms with E-state index in [4.69, 9.17) is 33.7 Å². The Kier molecular flexibility index (Phi) is 6.71. The first-order valence-electron chi connectivity index (χ1n) is 9.29. The van der Waals surface area contributed by atoms with Crippen molar-refractivity contribution in [1.29, 1.82) is 0 Å². The first-order valence-corrected chi connectivity index (χ1v) is 10.0. The van der Waals surface area contributed by atoms with E-state index in [1.165, 1.54) is 6.08 Å². The van der Waals surface area contributed by atoms with E-state index < -0.39 is 11.5 Å². The molecule has 0 aromatic heterocycles. The number of carbonyl (C=O) groups excluding carboxylic acids is 1. The molecule has 1 radical (unpaired) electrons. The molecule has 0 atom stereocenters. The molecule has 1 amide bonds. The molecule has 1 aliphatic heterocycles. The van der Waals surface area contributed by atoms with Gasteiger partial charge in [-0.05, 0) is 36.6 Å². The van der Waals surface area contributed by atoms with E-state index >= 15 is 0 Å². The van der Waals surface area contributed by atoms with Crippen LogP contribution < -0.4 is 10.5 Å². The second-order valence-corrected chi connectivity index (χ2v) is 7.82. The standard InChI is InChI=1S/C22H21Cl2N2O4/c1-30-18-5-3-2-4-15(18)14-6-8-17(23)20(24)16(14)7-9-19(27)26-12-10-22(25,11-13-26)21(28)29/h2-7,9H,10-13,25H2,1H3,(H,28,29)/b9-7+. The third kappa shape index (κ3) is 4.46. The maximum atomic E-state index is 12.7. The van der Waals surface area contributed by atoms with Gasteiger partial charge in [-0.15, -0.1) is 0 Å². The van der Waals surface area contributed by atoms with Crippen LogP contribution in [0.3, 0.4) is 0 Å². The van der Waals surface area contributed by atoms with Crippen LogP contribution in [0.15, 0.2) is 36.4 Å². The molecule has 3 rings (SSSR count). The fourth-order valence-electron chi connectivity index (χ4n) is 3.37. The van der Waals surface area contributed by atoms with Crippen molar-refractivity contribution in [2.75, 3.05) is 20.2 Å². The van der Waals surface area contributed by atoms with Crippen LogP contribution in [-0.2, 0) is 9.59 Å². The predicted octanol–water partition coefficient (Wildman–Crippen LogP) is 3.89. The lowest BCUT2D eigenvalue weighted by molar-refractivity contribution is -0.146. The SMILES string of the molecule is COc1ccccc1-c1c[c]c(Cl)c(Cl)c1/C=C/C(=O)N1CCC(N)(C(=O)O)CC1. The maximum Gasteiger partial charge on any atom is 0.323 e. The van der Waals surface area contributed by atoms with Gasteiger partial charge in [-0.25, -0.2) is 0 Å². The minimum absolute atomic E-state index is 0.196. The zero-order valence-electron chi connectivity index (χ0n) is 16.3. The summed E-state index contributed by atoms with van der Waals surface area (Å²) in [5, 5.41) is 9.75. The zero-order valence-corrected chi connectivity index (χ0v) is 17.8. The number of carbonyl (C=O) groups is 2. The number of hydrogen-bond donors (Lipinski definition) is 2. The molecular weight excluding hydrogens is 427 g/mol. The van der Waals surface area contributed by atoms with Crippen molar-refractivity contribution in [3.63, 3.8) is 0 Å². The van der Waals surface area contributed by atoms with Crippen molar-refractivity contribution in [1.82, 2.24) is 4.90 Å². The van der Waals surface area contributed by atoms with Gasteiger partial charge in [0, 0.05) is 36.4 Å². The summed E-state index contributed by atoms with van der Waals surface area (Å²) >= 11 is 12.6. The number of amides is 1. The summed E-state index contributed by atoms with van der Waals surface area (Å²) in [5.74, 6) is -0.656. The number of hydrogen-bond acceptors (Lipinski definition) is 4. The van der Waals surface area contributed by atoms with Crippen LogP contribution in [0.1, 0.15) is 18.4 Å². The van der Waals surface area contributed by atoms with Gasteiger partial charge in [0.25, 0.3) is 0 Å². The number of aliphatic carboxylic acids is 1. The second kappa shape index (κ2) is 9.08. The number of piperidine rings is 1. The minimum atomic E-state index is -1.29. The van der Waals surface area contributed by atoms with Crippen molar-refractivity contribution in [3.8, 4) is 16.9 Å². The molecule has 1 fully saturated rings. The van der Waals surface area contributed by atoms with E-state index in [-0.39, 0.29) is 41.9 Å². The zero-order chi connectivity index (χ0) is 21.9. The molecule has 6 nitrogen and oxygen atoms in total. The van der Waals surface area contributed by atoms with Crippen LogP contribution in [0, 0.1) is 6.07 Å². The van der Waals surface area contributed by atoms with Crippen LogP contribution in [0.4, 0.5) is 0 Å². The van der Waals surface area contributed by atoms with Crippen molar-refractivity contribution in [2.45, 2.75) is 18.4 Å². The molecular formula is C22H21Cl2N2O4. The van der Waals surface area contributed by atoms with Crippen LogP contribution in [0.5, 0.6) is 5.75 Å². The molecule has 157 valence electrons. The van der Waals surface area contributed by atoms with E-state index in [1.54, 1.807) is 24.2 Å². The van der Waals surface area contributed by atoms with Crippen LogP contribution in [-0.4, -0.2) is 47.6 Å². The minimum Gasteiger partial charge on any atom is -0.496 e. The Balaban J connectivity index is 1.88. The molecule has 2 aromatic carbocycles. The summed E-state index contributed by atoms with van der Waals surface area (Å²) in [5.41, 5.74) is 6.66. The Morgan fingerprint density at radius 2 is 1.90 bits per heavy atom. The molecule has 30 heavy (non-hydrogen) atoms. The van der Waals surface area contributed by atoms with Crippen LogP contribution in [0.2, 0.25) is 10.0 Å². The number of ether oxygens (including phenoxy) is 1. The van der Waals surface area contributed by atoms with Gasteiger partial charge in [-0.2, -0.15) is 0 Å². The Labute approximate surface area is 184 Å². The first-order chi connectivity index (χ1) is 14.3. The third-order valence-electron chi connectivity index (χ3n) is 5.25. The summed E-state index contributed by atoms with van der Waals surface area (Å²) in [6, 6.07) is 12.0. The maximum absolute atomic E-state index is 12.7. The Morgan fingerprint density at radius 1 is 1.23 bits per heavy atom. The monoisotopic (exact) mass is 447 g/mol. The first kappa shape index (κ1) is 22.2. The van der Waals surface area contributed by atoms with E-state index in [0.717, 1.165) is 11.1 Å². The highest BCUT2D eigenvalue weighted by atomic mass is 35.5. The van der Waals surface area contributed by atoms with E-state index in [2.05, 4.69) is 6.07 Å². The van der Waals surface area contributed by atoms with Gasteiger partial charge >= 0.3 is 5.97 Å². The molecule has 8 heteroatoms. The largest absolute Gasteiger partial charge is 0.496 e. The summed E-state index contributed by atoms with van der Waals surface area (Å²) in [6.45, 7) is 0.533. The highest BCUT2D eigenvalue weighted by molar-refractivity contribution is 6.43. The molecule has 0 bridgehead atoms. The molecule has 3 N–H and O–H groups in total. The van der Waals surface area contributed by atoms with Crippen molar-refractivity contribution >= 4 is 41.2 Å².